The van der Waals surface area contributed by atoms with E-state index >= 15 is 0 Å². The second-order valence-electron chi connectivity index (χ2n) is 2.02. The van der Waals surface area contributed by atoms with Crippen molar-refractivity contribution in [1.82, 2.24) is 5.01 Å². The molecule has 1 amide bonds. The third-order valence-corrected chi connectivity index (χ3v) is 1.29. The predicted octanol–water partition coefficient (Wildman–Crippen LogP) is -0.323. The van der Waals surface area contributed by atoms with Crippen LogP contribution in [0.15, 0.2) is 17.4 Å². The van der Waals surface area contributed by atoms with E-state index in [0.717, 1.165) is 6.42 Å². The fraction of sp³-hybridized carbons (Fsp3) is 0.333. The molecule has 0 spiro atoms. The molecule has 0 aromatic heterocycles. The summed E-state index contributed by atoms with van der Waals surface area (Å²) in [5.41, 5.74) is 5.22. The minimum Gasteiger partial charge on any atom is -0.364 e. The topological polar surface area (TPSA) is 58.7 Å². The summed E-state index contributed by atoms with van der Waals surface area (Å²) in [5.74, 6) is -0.515. The second kappa shape index (κ2) is 2.51. The van der Waals surface area contributed by atoms with Crippen LogP contribution in [0.5, 0.6) is 0 Å². The van der Waals surface area contributed by atoms with Crippen LogP contribution in [0.3, 0.4) is 0 Å². The summed E-state index contributed by atoms with van der Waals surface area (Å²) >= 11 is 0. The van der Waals surface area contributed by atoms with Crippen molar-refractivity contribution in [2.75, 3.05) is 6.54 Å². The van der Waals surface area contributed by atoms with Crippen molar-refractivity contribution >= 4 is 12.1 Å². The summed E-state index contributed by atoms with van der Waals surface area (Å²) in [5, 5.41) is 5.37. The van der Waals surface area contributed by atoms with Gasteiger partial charge in [-0.05, 0) is 0 Å². The van der Waals surface area contributed by atoms with Gasteiger partial charge in [0, 0.05) is 19.2 Å². The average Bonchev–Trinajstić information content (AvgIpc) is 2.36. The fourth-order valence-electron chi connectivity index (χ4n) is 0.726. The van der Waals surface area contributed by atoms with E-state index < -0.39 is 5.91 Å². The van der Waals surface area contributed by atoms with Gasteiger partial charge in [-0.3, -0.25) is 9.80 Å². The summed E-state index contributed by atoms with van der Waals surface area (Å²) in [6, 6.07) is 0. The van der Waals surface area contributed by atoms with Gasteiger partial charge in [0.15, 0.2) is 0 Å². The maximum atomic E-state index is 10.5. The zero-order chi connectivity index (χ0) is 7.56. The number of nitrogens with two attached hydrogens (primary N) is 1. The number of nitrogens with zero attached hydrogens (tertiary/aromatic N) is 2. The molecule has 0 radical (unpaired) electrons. The predicted molar refractivity (Wildman–Crippen MR) is 38.1 cm³/mol. The standard InChI is InChI=1S/C6H9N3O/c1-5(6(7)10)9-4-2-3-8-9/h3H,1-2,4H2,(H2,7,10). The minimum absolute atomic E-state index is 0.258. The van der Waals surface area contributed by atoms with Crippen molar-refractivity contribution in [1.29, 1.82) is 0 Å². The van der Waals surface area contributed by atoms with Crippen molar-refractivity contribution in [2.45, 2.75) is 6.42 Å². The molecular weight excluding hydrogens is 130 g/mol. The molecule has 0 saturated carbocycles. The lowest BCUT2D eigenvalue weighted by atomic mass is 10.4. The van der Waals surface area contributed by atoms with E-state index in [2.05, 4.69) is 11.7 Å². The monoisotopic (exact) mass is 139 g/mol. The molecule has 0 aromatic rings. The molecule has 0 saturated heterocycles. The number of carbonyl (C=O) groups excluding carboxylic acids is 1. The highest BCUT2D eigenvalue weighted by atomic mass is 16.1. The molecule has 0 bridgehead atoms. The van der Waals surface area contributed by atoms with Gasteiger partial charge in [0.05, 0.1) is 0 Å². The number of hydrogen-bond donors (Lipinski definition) is 1. The van der Waals surface area contributed by atoms with Gasteiger partial charge in [-0.15, -0.1) is 0 Å². The SMILES string of the molecule is C=C(C(N)=O)N1CCC=N1. The van der Waals surface area contributed by atoms with Gasteiger partial charge in [0.25, 0.3) is 5.91 Å². The van der Waals surface area contributed by atoms with Gasteiger partial charge < -0.3 is 5.73 Å². The second-order valence-corrected chi connectivity index (χ2v) is 2.02. The number of carbonyl (C=O) groups is 1. The normalized spacial score (nSPS) is 15.8. The lowest BCUT2D eigenvalue weighted by molar-refractivity contribution is -0.115. The van der Waals surface area contributed by atoms with Gasteiger partial charge in [0.2, 0.25) is 0 Å². The van der Waals surface area contributed by atoms with Crippen LogP contribution in [0.1, 0.15) is 6.42 Å². The molecule has 1 aliphatic heterocycles. The highest BCUT2D eigenvalue weighted by molar-refractivity contribution is 5.90. The molecule has 4 heteroatoms. The number of amides is 1. The van der Waals surface area contributed by atoms with Crippen molar-refractivity contribution in [3.63, 3.8) is 0 Å². The largest absolute Gasteiger partial charge is 0.364 e. The van der Waals surface area contributed by atoms with Crippen LogP contribution in [0, 0.1) is 0 Å². The van der Waals surface area contributed by atoms with Crippen LogP contribution in [0.25, 0.3) is 0 Å². The first kappa shape index (κ1) is 6.80. The molecule has 4 nitrogen and oxygen atoms in total. The Kier molecular flexibility index (Phi) is 1.71. The summed E-state index contributed by atoms with van der Waals surface area (Å²) in [6.07, 6.45) is 2.58. The number of rotatable bonds is 2. The highest BCUT2D eigenvalue weighted by Crippen LogP contribution is 2.06. The van der Waals surface area contributed by atoms with Crippen molar-refractivity contribution < 1.29 is 4.79 Å². The van der Waals surface area contributed by atoms with Crippen LogP contribution in [-0.2, 0) is 4.79 Å². The highest BCUT2D eigenvalue weighted by Gasteiger charge is 2.12. The van der Waals surface area contributed by atoms with Crippen molar-refractivity contribution in [2.24, 2.45) is 10.8 Å². The van der Waals surface area contributed by atoms with E-state index in [-0.39, 0.29) is 5.70 Å². The zero-order valence-electron chi connectivity index (χ0n) is 5.58. The Labute approximate surface area is 59.0 Å². The quantitative estimate of drug-likeness (QED) is 0.533. The average molecular weight is 139 g/mol. The van der Waals surface area contributed by atoms with Gasteiger partial charge in [-0.2, -0.15) is 5.10 Å². The minimum atomic E-state index is -0.515. The van der Waals surface area contributed by atoms with Gasteiger partial charge in [-0.1, -0.05) is 6.58 Å². The van der Waals surface area contributed by atoms with Crippen LogP contribution < -0.4 is 5.73 Å². The Morgan fingerprint density at radius 3 is 2.90 bits per heavy atom. The zero-order valence-corrected chi connectivity index (χ0v) is 5.58. The lowest BCUT2D eigenvalue weighted by Crippen LogP contribution is -2.25. The van der Waals surface area contributed by atoms with Gasteiger partial charge >= 0.3 is 0 Å². The maximum Gasteiger partial charge on any atom is 0.266 e. The van der Waals surface area contributed by atoms with E-state index in [1.54, 1.807) is 6.21 Å². The molecule has 0 atom stereocenters. The van der Waals surface area contributed by atoms with Crippen LogP contribution in [0.2, 0.25) is 0 Å². The maximum absolute atomic E-state index is 10.5. The Balaban J connectivity index is 2.57. The molecule has 1 heterocycles. The van der Waals surface area contributed by atoms with Gasteiger partial charge in [0.1, 0.15) is 5.70 Å². The first-order valence-electron chi connectivity index (χ1n) is 3.00. The van der Waals surface area contributed by atoms with Crippen molar-refractivity contribution in [3.05, 3.63) is 12.3 Å². The summed E-state index contributed by atoms with van der Waals surface area (Å²) in [4.78, 5) is 10.5. The third kappa shape index (κ3) is 1.15. The Morgan fingerprint density at radius 2 is 2.50 bits per heavy atom. The first-order valence-corrected chi connectivity index (χ1v) is 3.00. The van der Waals surface area contributed by atoms with Crippen LogP contribution >= 0.6 is 0 Å². The fourth-order valence-corrected chi connectivity index (χ4v) is 0.726. The molecule has 0 aromatic carbocycles. The van der Waals surface area contributed by atoms with Crippen LogP contribution in [0.4, 0.5) is 0 Å². The Bertz CT molecular complexity index is 197. The summed E-state index contributed by atoms with van der Waals surface area (Å²) < 4.78 is 0. The summed E-state index contributed by atoms with van der Waals surface area (Å²) in [6.45, 7) is 4.18. The number of primary amides is 1. The van der Waals surface area contributed by atoms with Crippen LogP contribution in [-0.4, -0.2) is 23.7 Å². The smallest absolute Gasteiger partial charge is 0.266 e. The molecule has 10 heavy (non-hydrogen) atoms. The first-order chi connectivity index (χ1) is 4.72. The molecule has 2 N–H and O–H groups in total. The van der Waals surface area contributed by atoms with Gasteiger partial charge in [-0.25, -0.2) is 0 Å². The molecule has 0 unspecified atom stereocenters. The van der Waals surface area contributed by atoms with Crippen molar-refractivity contribution in [3.8, 4) is 0 Å². The number of hydrogen-bond acceptors (Lipinski definition) is 3. The van der Waals surface area contributed by atoms with E-state index in [4.69, 9.17) is 5.73 Å². The molecule has 1 aliphatic rings. The summed E-state index contributed by atoms with van der Waals surface area (Å²) in [7, 11) is 0. The number of hydrazone groups is 1. The van der Waals surface area contributed by atoms with E-state index in [1.807, 2.05) is 0 Å². The van der Waals surface area contributed by atoms with E-state index in [1.165, 1.54) is 5.01 Å². The Morgan fingerprint density at radius 1 is 1.80 bits per heavy atom. The lowest BCUT2D eigenvalue weighted by Gasteiger charge is -2.12. The molecular formula is C6H9N3O. The molecule has 0 aliphatic carbocycles. The molecule has 54 valence electrons. The van der Waals surface area contributed by atoms with E-state index in [9.17, 15) is 4.79 Å². The third-order valence-electron chi connectivity index (χ3n) is 1.29. The molecule has 0 fully saturated rings. The Hall–Kier alpha value is -1.32. The molecule has 1 rings (SSSR count). The van der Waals surface area contributed by atoms with E-state index in [0.29, 0.717) is 6.54 Å².